The molecule has 0 saturated carbocycles. The van der Waals surface area contributed by atoms with Crippen LogP contribution in [-0.2, 0) is 0 Å². The molecule has 0 aliphatic heterocycles. The molecule has 1 radical (unpaired) electrons. The van der Waals surface area contributed by atoms with E-state index < -0.39 is 5.69 Å². The molecule has 0 unspecified atom stereocenters. The Balaban J connectivity index is 0.000000640. The molecule has 0 aliphatic rings. The van der Waals surface area contributed by atoms with Gasteiger partial charge in [-0.15, -0.1) is 0 Å². The molecular formula is C4H4LiN2O2. The standard InChI is InChI=1S/C4H4N2O2.Li/c7-3-1-2-5-4(8)6-3;/h1-2H,(H2,5,6,7,8);. The molecule has 0 fully saturated rings. The van der Waals surface area contributed by atoms with Crippen molar-refractivity contribution in [3.05, 3.63) is 33.1 Å². The Morgan fingerprint density at radius 2 is 2.00 bits per heavy atom. The first kappa shape index (κ1) is 8.28. The molecule has 0 spiro atoms. The van der Waals surface area contributed by atoms with Gasteiger partial charge in [-0.25, -0.2) is 4.79 Å². The number of aromatic amines is 2. The van der Waals surface area contributed by atoms with Crippen molar-refractivity contribution in [1.82, 2.24) is 9.97 Å². The molecule has 1 heterocycles. The molecule has 1 aromatic rings. The van der Waals surface area contributed by atoms with Crippen molar-refractivity contribution in [2.75, 3.05) is 0 Å². The summed E-state index contributed by atoms with van der Waals surface area (Å²) in [4.78, 5) is 24.7. The Morgan fingerprint density at radius 3 is 2.33 bits per heavy atom. The Kier molecular flexibility index (Phi) is 3.06. The van der Waals surface area contributed by atoms with E-state index in [0.717, 1.165) is 0 Å². The fraction of sp³-hybridized carbons (Fsp3) is 0. The summed E-state index contributed by atoms with van der Waals surface area (Å²) in [5, 5.41) is 0. The Morgan fingerprint density at radius 1 is 1.33 bits per heavy atom. The molecule has 0 aromatic carbocycles. The number of hydrogen-bond acceptors (Lipinski definition) is 2. The molecule has 1 aromatic heterocycles. The summed E-state index contributed by atoms with van der Waals surface area (Å²) in [5.41, 5.74) is -0.855. The van der Waals surface area contributed by atoms with E-state index in [1.165, 1.54) is 12.3 Å². The zero-order valence-corrected chi connectivity index (χ0v) is 4.97. The Labute approximate surface area is 62.5 Å². The molecule has 2 N–H and O–H groups in total. The van der Waals surface area contributed by atoms with Gasteiger partial charge in [0.1, 0.15) is 0 Å². The predicted octanol–water partition coefficient (Wildman–Crippen LogP) is -1.32. The SMILES string of the molecule is O=c1cc[nH]c(=O)[nH]1.[Li]. The van der Waals surface area contributed by atoms with Crippen LogP contribution in [0.5, 0.6) is 0 Å². The van der Waals surface area contributed by atoms with Gasteiger partial charge in [-0.05, 0) is 0 Å². The van der Waals surface area contributed by atoms with Gasteiger partial charge < -0.3 is 4.98 Å². The van der Waals surface area contributed by atoms with Crippen molar-refractivity contribution in [3.63, 3.8) is 0 Å². The van der Waals surface area contributed by atoms with Crippen LogP contribution in [0.25, 0.3) is 0 Å². The normalized spacial score (nSPS) is 8.00. The zero-order valence-electron chi connectivity index (χ0n) is 4.97. The Bertz CT molecular complexity index is 251. The number of hydrogen-bond donors (Lipinski definition) is 2. The first-order valence-corrected chi connectivity index (χ1v) is 2.07. The summed E-state index contributed by atoms with van der Waals surface area (Å²) in [6.07, 6.45) is 1.29. The minimum absolute atomic E-state index is 0. The molecule has 0 aliphatic carbocycles. The maximum absolute atomic E-state index is 10.2. The van der Waals surface area contributed by atoms with E-state index in [1.807, 2.05) is 4.98 Å². The Hall–Kier alpha value is -0.723. The van der Waals surface area contributed by atoms with Crippen LogP contribution in [0.15, 0.2) is 21.9 Å². The van der Waals surface area contributed by atoms with E-state index in [1.54, 1.807) is 0 Å². The second kappa shape index (κ2) is 3.33. The van der Waals surface area contributed by atoms with Gasteiger partial charge in [0, 0.05) is 31.1 Å². The van der Waals surface area contributed by atoms with E-state index in [9.17, 15) is 9.59 Å². The monoisotopic (exact) mass is 119 g/mol. The predicted molar refractivity (Wildman–Crippen MR) is 33.4 cm³/mol. The molecular weight excluding hydrogens is 115 g/mol. The summed E-state index contributed by atoms with van der Waals surface area (Å²) in [6.45, 7) is 0. The van der Waals surface area contributed by atoms with Crippen molar-refractivity contribution < 1.29 is 0 Å². The molecule has 0 saturated heterocycles. The molecule has 5 heteroatoms. The van der Waals surface area contributed by atoms with E-state index in [-0.39, 0.29) is 24.4 Å². The summed E-state index contributed by atoms with van der Waals surface area (Å²) in [6, 6.07) is 1.24. The smallest absolute Gasteiger partial charge is 0.314 e. The number of nitrogens with one attached hydrogen (secondary N) is 2. The van der Waals surface area contributed by atoms with E-state index >= 15 is 0 Å². The van der Waals surface area contributed by atoms with Crippen LogP contribution >= 0.6 is 0 Å². The van der Waals surface area contributed by atoms with Gasteiger partial charge in [0.25, 0.3) is 5.56 Å². The van der Waals surface area contributed by atoms with Gasteiger partial charge in [0.2, 0.25) is 0 Å². The van der Waals surface area contributed by atoms with Crippen molar-refractivity contribution in [1.29, 1.82) is 0 Å². The van der Waals surface area contributed by atoms with E-state index in [4.69, 9.17) is 0 Å². The fourth-order valence-electron chi connectivity index (χ4n) is 0.383. The van der Waals surface area contributed by atoms with Gasteiger partial charge in [-0.3, -0.25) is 9.78 Å². The third-order valence-electron chi connectivity index (χ3n) is 0.686. The van der Waals surface area contributed by atoms with E-state index in [0.29, 0.717) is 0 Å². The zero-order chi connectivity index (χ0) is 5.98. The summed E-state index contributed by atoms with van der Waals surface area (Å²) in [7, 11) is 0. The minimum atomic E-state index is -0.475. The van der Waals surface area contributed by atoms with Gasteiger partial charge >= 0.3 is 5.69 Å². The van der Waals surface area contributed by atoms with Gasteiger partial charge in [0.05, 0.1) is 0 Å². The number of rotatable bonds is 0. The van der Waals surface area contributed by atoms with Gasteiger partial charge in [-0.1, -0.05) is 0 Å². The molecule has 43 valence electrons. The van der Waals surface area contributed by atoms with Crippen molar-refractivity contribution in [2.24, 2.45) is 0 Å². The maximum atomic E-state index is 10.2. The second-order valence-electron chi connectivity index (χ2n) is 1.30. The van der Waals surface area contributed by atoms with Crippen LogP contribution < -0.4 is 11.2 Å². The molecule has 0 amide bonds. The molecule has 0 bridgehead atoms. The van der Waals surface area contributed by atoms with Gasteiger partial charge in [-0.2, -0.15) is 0 Å². The molecule has 0 atom stereocenters. The first-order valence-electron chi connectivity index (χ1n) is 2.07. The first-order chi connectivity index (χ1) is 3.79. The summed E-state index contributed by atoms with van der Waals surface area (Å²) >= 11 is 0. The largest absolute Gasteiger partial charge is 0.325 e. The van der Waals surface area contributed by atoms with Crippen molar-refractivity contribution >= 4 is 18.9 Å². The molecule has 9 heavy (non-hydrogen) atoms. The van der Waals surface area contributed by atoms with Crippen LogP contribution in [0.4, 0.5) is 0 Å². The topological polar surface area (TPSA) is 65.7 Å². The maximum Gasteiger partial charge on any atom is 0.325 e. The van der Waals surface area contributed by atoms with Crippen molar-refractivity contribution in [3.8, 4) is 0 Å². The van der Waals surface area contributed by atoms with Crippen LogP contribution in [0.3, 0.4) is 0 Å². The van der Waals surface area contributed by atoms with Crippen LogP contribution in [0.1, 0.15) is 0 Å². The molecule has 1 rings (SSSR count). The summed E-state index contributed by atoms with van der Waals surface area (Å²) < 4.78 is 0. The number of aromatic nitrogens is 2. The van der Waals surface area contributed by atoms with Crippen LogP contribution in [0, 0.1) is 0 Å². The third kappa shape index (κ3) is 2.35. The van der Waals surface area contributed by atoms with Crippen LogP contribution in [-0.4, -0.2) is 28.8 Å². The third-order valence-corrected chi connectivity index (χ3v) is 0.686. The number of H-pyrrole nitrogens is 2. The van der Waals surface area contributed by atoms with E-state index in [2.05, 4.69) is 4.98 Å². The van der Waals surface area contributed by atoms with Gasteiger partial charge in [0.15, 0.2) is 0 Å². The quantitative estimate of drug-likeness (QED) is 0.416. The van der Waals surface area contributed by atoms with Crippen molar-refractivity contribution in [2.45, 2.75) is 0 Å². The van der Waals surface area contributed by atoms with Crippen LogP contribution in [0.2, 0.25) is 0 Å². The minimum Gasteiger partial charge on any atom is -0.314 e. The summed E-state index contributed by atoms with van der Waals surface area (Å²) in [5.74, 6) is 0. The average molecular weight is 119 g/mol. The average Bonchev–Trinajstić information content (AvgIpc) is 1.64. The fourth-order valence-corrected chi connectivity index (χ4v) is 0.383. The molecule has 4 nitrogen and oxygen atoms in total. The second-order valence-corrected chi connectivity index (χ2v) is 1.30.